The van der Waals surface area contributed by atoms with Crippen molar-refractivity contribution in [3.63, 3.8) is 0 Å². The molecule has 1 N–H and O–H groups in total. The summed E-state index contributed by atoms with van der Waals surface area (Å²) in [7, 11) is 3.19. The molecule has 1 aliphatic rings. The van der Waals surface area contributed by atoms with Crippen molar-refractivity contribution < 1.29 is 46.6 Å². The molecular weight excluding hydrogens is 735 g/mol. The van der Waals surface area contributed by atoms with Crippen molar-refractivity contribution in [1.82, 2.24) is 18.9 Å². The number of carbonyl (C=O) groups is 4. The lowest BCUT2D eigenvalue weighted by atomic mass is 10.1. The summed E-state index contributed by atoms with van der Waals surface area (Å²) in [5.41, 5.74) is -1.60. The molecule has 1 aliphatic heterocycles. The third kappa shape index (κ3) is 10.4. The molecule has 1 atom stereocenters. The normalized spacial score (nSPS) is 13.5. The summed E-state index contributed by atoms with van der Waals surface area (Å²) in [4.78, 5) is 68.9. The van der Waals surface area contributed by atoms with E-state index >= 15 is 0 Å². The highest BCUT2D eigenvalue weighted by Crippen LogP contribution is 2.33. The monoisotopic (exact) mass is 779 g/mol. The molecule has 0 bridgehead atoms. The number of nitrogens with zero attached hydrogens (tertiary/aromatic N) is 4. The predicted octanol–water partition coefficient (Wildman–Crippen LogP) is 6.59. The second-order valence-corrected chi connectivity index (χ2v) is 14.4. The van der Waals surface area contributed by atoms with E-state index in [9.17, 15) is 37.1 Å². The number of hydrogen-bond acceptors (Lipinski definition) is 8. The van der Waals surface area contributed by atoms with E-state index in [4.69, 9.17) is 14.2 Å². The number of amides is 3. The number of anilines is 1. The average molecular weight is 780 g/mol. The number of nitrogens with one attached hydrogen (secondary N) is 1. The fourth-order valence-electron chi connectivity index (χ4n) is 5.93. The quantitative estimate of drug-likeness (QED) is 0.159. The zero-order chi connectivity index (χ0) is 40.7. The van der Waals surface area contributed by atoms with Crippen LogP contribution in [0.1, 0.15) is 57.7 Å². The van der Waals surface area contributed by atoms with Gasteiger partial charge in [-0.3, -0.25) is 14.4 Å². The van der Waals surface area contributed by atoms with Crippen LogP contribution in [0.25, 0.3) is 10.9 Å². The van der Waals surface area contributed by atoms with Crippen molar-refractivity contribution in [1.29, 1.82) is 0 Å². The van der Waals surface area contributed by atoms with E-state index in [1.54, 1.807) is 40.9 Å². The second-order valence-electron chi connectivity index (χ2n) is 14.4. The number of allylic oxidation sites excluding steroid dienone is 1. The Kier molecular flexibility index (Phi) is 12.9. The number of likely N-dealkylation sites (tertiary alicyclic amines) is 1. The number of rotatable bonds is 12. The molecule has 0 saturated carbocycles. The van der Waals surface area contributed by atoms with Gasteiger partial charge in [0.2, 0.25) is 5.91 Å². The Morgan fingerprint density at radius 2 is 1.70 bits per heavy atom. The van der Waals surface area contributed by atoms with Gasteiger partial charge in [0, 0.05) is 56.5 Å². The Hall–Kier alpha value is -6.06. The predicted molar refractivity (Wildman–Crippen MR) is 201 cm³/mol. The fraction of sp³-hybridized carbons (Fsp3) is 0.375. The van der Waals surface area contributed by atoms with Gasteiger partial charge in [0.1, 0.15) is 46.6 Å². The molecule has 2 aromatic carbocycles. The van der Waals surface area contributed by atoms with Crippen molar-refractivity contribution in [2.45, 2.75) is 71.3 Å². The van der Waals surface area contributed by atoms with Crippen LogP contribution in [0.2, 0.25) is 0 Å². The Balaban J connectivity index is 1.45. The molecule has 298 valence electrons. The maximum Gasteiger partial charge on any atom is 0.419 e. The number of ether oxygens (including phenoxy) is 3. The highest BCUT2D eigenvalue weighted by Gasteiger charge is 2.29. The Bertz CT molecular complexity index is 2200. The Morgan fingerprint density at radius 3 is 2.38 bits per heavy atom. The maximum atomic E-state index is 15.0. The molecule has 0 unspecified atom stereocenters. The number of hydrogen-bond donors (Lipinski definition) is 1. The third-order valence-corrected chi connectivity index (χ3v) is 8.68. The topological polar surface area (TPSA) is 141 Å². The number of pyridine rings is 1. The summed E-state index contributed by atoms with van der Waals surface area (Å²) in [6, 6.07) is 9.41. The smallest absolute Gasteiger partial charge is 0.419 e. The summed E-state index contributed by atoms with van der Waals surface area (Å²) < 4.78 is 62.3. The highest BCUT2D eigenvalue weighted by molar-refractivity contribution is 5.96. The van der Waals surface area contributed by atoms with E-state index in [0.717, 1.165) is 35.6 Å². The van der Waals surface area contributed by atoms with Gasteiger partial charge in [-0.25, -0.2) is 27.3 Å². The maximum absolute atomic E-state index is 15.0. The van der Waals surface area contributed by atoms with Gasteiger partial charge in [-0.15, -0.1) is 0 Å². The van der Waals surface area contributed by atoms with Crippen LogP contribution in [0, 0.1) is 17.5 Å². The van der Waals surface area contributed by atoms with E-state index in [1.807, 2.05) is 0 Å². The molecule has 2 aromatic heterocycles. The summed E-state index contributed by atoms with van der Waals surface area (Å²) in [5.74, 6) is -3.57. The largest absolute Gasteiger partial charge is 0.486 e. The first-order valence-electron chi connectivity index (χ1n) is 18.0. The van der Waals surface area contributed by atoms with E-state index in [-0.39, 0.29) is 58.9 Å². The number of aromatic nitrogens is 2. The van der Waals surface area contributed by atoms with Crippen molar-refractivity contribution in [3.8, 4) is 5.75 Å². The molecule has 5 rings (SSSR count). The molecule has 0 spiro atoms. The minimum atomic E-state index is -1.30. The van der Waals surface area contributed by atoms with Crippen molar-refractivity contribution in [3.05, 3.63) is 106 Å². The average Bonchev–Trinajstić information content (AvgIpc) is 3.78. The number of likely N-dealkylation sites (N-methyl/N-ethyl adjacent to an activating group) is 1. The van der Waals surface area contributed by atoms with Crippen molar-refractivity contribution in [2.24, 2.45) is 0 Å². The molecule has 3 amide bonds. The molecule has 16 heteroatoms. The van der Waals surface area contributed by atoms with Crippen LogP contribution >= 0.6 is 0 Å². The van der Waals surface area contributed by atoms with Crippen molar-refractivity contribution in [2.75, 3.05) is 32.5 Å². The van der Waals surface area contributed by atoms with E-state index in [1.165, 1.54) is 50.9 Å². The Labute approximate surface area is 321 Å². The molecule has 13 nitrogen and oxygen atoms in total. The number of halogens is 3. The number of benzene rings is 2. The molecule has 56 heavy (non-hydrogen) atoms. The van der Waals surface area contributed by atoms with E-state index in [2.05, 4.69) is 5.32 Å². The van der Waals surface area contributed by atoms with Gasteiger partial charge in [0.05, 0.1) is 12.2 Å². The highest BCUT2D eigenvalue weighted by atomic mass is 19.1. The molecule has 3 heterocycles. The SMILES string of the molecule is CN(C)C(=O)/C=C/CC[C@H](OC(=O)N1CCCC1)C(=O)Nc1cccn(Cc2cc3cc(F)cc(OCc4ccc(F)cc4F)c3n2C(=O)OC(C)(C)C)c1=O. The van der Waals surface area contributed by atoms with E-state index in [0.29, 0.717) is 19.2 Å². The van der Waals surface area contributed by atoms with Crippen LogP contribution in [0.3, 0.4) is 0 Å². The van der Waals surface area contributed by atoms with Crippen LogP contribution in [0.4, 0.5) is 28.4 Å². The van der Waals surface area contributed by atoms with Crippen LogP contribution in [0.15, 0.2) is 71.7 Å². The molecular formula is C40H44F3N5O8. The molecule has 1 fully saturated rings. The first-order valence-corrected chi connectivity index (χ1v) is 18.0. The lowest BCUT2D eigenvalue weighted by molar-refractivity contribution is -0.125. The van der Waals surface area contributed by atoms with E-state index < -0.39 is 59.4 Å². The van der Waals surface area contributed by atoms with Crippen LogP contribution in [-0.4, -0.2) is 81.8 Å². The lowest BCUT2D eigenvalue weighted by Crippen LogP contribution is -2.39. The summed E-state index contributed by atoms with van der Waals surface area (Å²) in [5, 5.41) is 2.76. The molecule has 1 saturated heterocycles. The van der Waals surface area contributed by atoms with Gasteiger partial charge >= 0.3 is 12.2 Å². The minimum Gasteiger partial charge on any atom is -0.486 e. The molecule has 0 aliphatic carbocycles. The summed E-state index contributed by atoms with van der Waals surface area (Å²) in [6.07, 6.45) is 3.32. The summed E-state index contributed by atoms with van der Waals surface area (Å²) in [6.45, 7) is 5.22. The number of carbonyl (C=O) groups excluding carboxylic acids is 4. The first-order chi connectivity index (χ1) is 26.5. The fourth-order valence-corrected chi connectivity index (χ4v) is 5.93. The van der Waals surface area contributed by atoms with Crippen molar-refractivity contribution >= 4 is 40.6 Å². The van der Waals surface area contributed by atoms with Gasteiger partial charge in [-0.1, -0.05) is 6.08 Å². The minimum absolute atomic E-state index is 0.0197. The third-order valence-electron chi connectivity index (χ3n) is 8.68. The molecule has 0 radical (unpaired) electrons. The zero-order valence-electron chi connectivity index (χ0n) is 31.8. The lowest BCUT2D eigenvalue weighted by Gasteiger charge is -2.22. The number of fused-ring (bicyclic) bond motifs is 1. The van der Waals surface area contributed by atoms with Gasteiger partial charge in [0.25, 0.3) is 11.5 Å². The van der Waals surface area contributed by atoms with Gasteiger partial charge in [-0.05, 0) is 88.9 Å². The van der Waals surface area contributed by atoms with Gasteiger partial charge in [0.15, 0.2) is 6.10 Å². The van der Waals surface area contributed by atoms with Gasteiger partial charge in [-0.2, -0.15) is 0 Å². The van der Waals surface area contributed by atoms with Crippen LogP contribution in [-0.2, 0) is 32.2 Å². The standard InChI is InChI=1S/C40H44F3N5O8/c1-40(2,3)56-39(53)48-29(20-26-19-28(42)22-33(35(26)48)54-24-25-14-15-27(41)21-30(25)43)23-47-18-10-11-31(37(47)51)44-36(50)32(12-6-7-13-34(49)45(4)5)55-38(52)46-16-8-9-17-46/h7,10-11,13-15,18-22,32H,6,8-9,12,16-17,23-24H2,1-5H3,(H,44,50)/b13-7+/t32-/m0/s1. The summed E-state index contributed by atoms with van der Waals surface area (Å²) >= 11 is 0. The second kappa shape index (κ2) is 17.6. The van der Waals surface area contributed by atoms with Gasteiger partial charge < -0.3 is 33.9 Å². The Morgan fingerprint density at radius 1 is 0.964 bits per heavy atom. The first kappa shape index (κ1) is 41.1. The molecule has 4 aromatic rings. The zero-order valence-corrected chi connectivity index (χ0v) is 31.8. The van der Waals surface area contributed by atoms with Crippen LogP contribution < -0.4 is 15.6 Å². The van der Waals surface area contributed by atoms with Crippen LogP contribution in [0.5, 0.6) is 5.75 Å².